The maximum Gasteiger partial charge on any atom is 0.147 e. The molecule has 0 amide bonds. The van der Waals surface area contributed by atoms with E-state index in [1.807, 2.05) is 0 Å². The van der Waals surface area contributed by atoms with Crippen LogP contribution in [0.25, 0.3) is 0 Å². The second kappa shape index (κ2) is 5.58. The minimum Gasteiger partial charge on any atom is -0.255 e. The largest absolute Gasteiger partial charge is 0.255 e. The van der Waals surface area contributed by atoms with Gasteiger partial charge in [0.15, 0.2) is 0 Å². The second-order valence-electron chi connectivity index (χ2n) is 7.63. The van der Waals surface area contributed by atoms with Crippen molar-refractivity contribution >= 4 is 14.8 Å². The van der Waals surface area contributed by atoms with E-state index in [0.717, 1.165) is 0 Å². The summed E-state index contributed by atoms with van der Waals surface area (Å²) in [5.74, 6) is 0. The number of benzene rings is 1. The molecule has 1 aliphatic carbocycles. The van der Waals surface area contributed by atoms with Gasteiger partial charge in [0.05, 0.1) is 14.8 Å². The molecule has 0 atom stereocenters. The zero-order chi connectivity index (χ0) is 15.9. The molecule has 0 bridgehead atoms. The normalized spacial score (nSPS) is 18.3. The van der Waals surface area contributed by atoms with Crippen molar-refractivity contribution in [2.75, 3.05) is 0 Å². The third-order valence-electron chi connectivity index (χ3n) is 4.89. The van der Waals surface area contributed by atoms with Crippen LogP contribution in [-0.2, 0) is 12.8 Å². The second-order valence-corrected chi connectivity index (χ2v) is 12.7. The Morgan fingerprint density at radius 1 is 1.14 bits per heavy atom. The minimum atomic E-state index is -1.29. The van der Waals surface area contributed by atoms with Gasteiger partial charge in [0, 0.05) is 0 Å². The standard InChI is InChI=1S/C20H27NSi/c1-15-10-11-16-8-6-7-9-18(16)20(15)19-13-12-17(14-21(19)2)22(3,4)5/h10-14H,2,6-9H2,1,3-5H3. The van der Waals surface area contributed by atoms with Crippen molar-refractivity contribution in [3.8, 4) is 0 Å². The Kier molecular flexibility index (Phi) is 3.90. The average Bonchev–Trinajstić information content (AvgIpc) is 2.47. The summed E-state index contributed by atoms with van der Waals surface area (Å²) in [7, 11) is -1.29. The molecule has 2 heteroatoms. The number of hydrogen-bond acceptors (Lipinski definition) is 0. The van der Waals surface area contributed by atoms with E-state index in [4.69, 9.17) is 0 Å². The predicted octanol–water partition coefficient (Wildman–Crippen LogP) is 4.80. The SMILES string of the molecule is C=[N+]1C=C([Si](C)(C)C)C=C[C-]1c1c(C)ccc2c1CCCC2. The quantitative estimate of drug-likeness (QED) is 0.419. The van der Waals surface area contributed by atoms with E-state index in [1.165, 1.54) is 48.0 Å². The van der Waals surface area contributed by atoms with Crippen molar-refractivity contribution in [2.24, 2.45) is 0 Å². The fourth-order valence-corrected chi connectivity index (χ4v) is 4.64. The molecule has 0 spiro atoms. The highest BCUT2D eigenvalue weighted by atomic mass is 28.3. The van der Waals surface area contributed by atoms with Crippen molar-refractivity contribution in [1.82, 2.24) is 0 Å². The Morgan fingerprint density at radius 2 is 1.86 bits per heavy atom. The fourth-order valence-electron chi connectivity index (χ4n) is 3.52. The van der Waals surface area contributed by atoms with Crippen LogP contribution in [-0.4, -0.2) is 19.4 Å². The van der Waals surface area contributed by atoms with Gasteiger partial charge in [-0.25, -0.2) is 0 Å². The van der Waals surface area contributed by atoms with Gasteiger partial charge in [-0.3, -0.25) is 4.58 Å². The first-order valence-electron chi connectivity index (χ1n) is 8.37. The molecule has 3 rings (SSSR count). The molecule has 0 unspecified atom stereocenters. The van der Waals surface area contributed by atoms with Gasteiger partial charge in [-0.2, -0.15) is 0 Å². The lowest BCUT2D eigenvalue weighted by Gasteiger charge is -2.30. The smallest absolute Gasteiger partial charge is 0.147 e. The molecule has 0 radical (unpaired) electrons. The van der Waals surface area contributed by atoms with E-state index >= 15 is 0 Å². The molecule has 116 valence electrons. The lowest BCUT2D eigenvalue weighted by atomic mass is 9.83. The van der Waals surface area contributed by atoms with Crippen LogP contribution >= 0.6 is 0 Å². The Morgan fingerprint density at radius 3 is 2.55 bits per heavy atom. The highest BCUT2D eigenvalue weighted by Crippen LogP contribution is 2.35. The summed E-state index contributed by atoms with van der Waals surface area (Å²) in [6.07, 6.45) is 11.9. The molecule has 1 heterocycles. The van der Waals surface area contributed by atoms with E-state index < -0.39 is 8.07 Å². The zero-order valence-electron chi connectivity index (χ0n) is 14.4. The molecule has 22 heavy (non-hydrogen) atoms. The summed E-state index contributed by atoms with van der Waals surface area (Å²) in [6, 6.07) is 5.88. The van der Waals surface area contributed by atoms with Crippen LogP contribution in [0.4, 0.5) is 0 Å². The highest BCUT2D eigenvalue weighted by Gasteiger charge is 2.26. The Balaban J connectivity index is 2.02. The Labute approximate surface area is 136 Å². The van der Waals surface area contributed by atoms with E-state index in [1.54, 1.807) is 11.1 Å². The van der Waals surface area contributed by atoms with Crippen molar-refractivity contribution < 1.29 is 4.58 Å². The molecule has 0 N–H and O–H groups in total. The van der Waals surface area contributed by atoms with Crippen LogP contribution in [0.1, 0.15) is 35.1 Å². The summed E-state index contributed by atoms with van der Waals surface area (Å²) in [6.45, 7) is 13.7. The first-order chi connectivity index (χ1) is 10.4. The molecule has 0 saturated carbocycles. The minimum absolute atomic E-state index is 1.21. The molecular formula is C20H27NSi. The fraction of sp³-hybridized carbons (Fsp3) is 0.400. The van der Waals surface area contributed by atoms with E-state index in [2.05, 4.69) is 68.3 Å². The monoisotopic (exact) mass is 309 g/mol. The number of fused-ring (bicyclic) bond motifs is 1. The van der Waals surface area contributed by atoms with Crippen molar-refractivity contribution in [2.45, 2.75) is 52.2 Å². The number of aryl methyl sites for hydroxylation is 2. The van der Waals surface area contributed by atoms with Gasteiger partial charge in [-0.05, 0) is 30.9 Å². The maximum atomic E-state index is 4.30. The summed E-state index contributed by atoms with van der Waals surface area (Å²) in [5, 5.41) is 1.47. The van der Waals surface area contributed by atoms with Crippen LogP contribution < -0.4 is 0 Å². The van der Waals surface area contributed by atoms with Gasteiger partial charge in [-0.15, -0.1) is 6.08 Å². The van der Waals surface area contributed by atoms with Crippen molar-refractivity contribution in [3.05, 3.63) is 64.0 Å². The predicted molar refractivity (Wildman–Crippen MR) is 98.1 cm³/mol. The summed E-state index contributed by atoms with van der Waals surface area (Å²) in [5.41, 5.74) is 5.90. The number of hydrogen-bond donors (Lipinski definition) is 0. The Bertz CT molecular complexity index is 674. The topological polar surface area (TPSA) is 3.01 Å². The van der Waals surface area contributed by atoms with Crippen LogP contribution in [0.2, 0.25) is 19.6 Å². The third kappa shape index (κ3) is 2.72. The molecule has 1 aliphatic heterocycles. The van der Waals surface area contributed by atoms with Crippen molar-refractivity contribution in [3.63, 3.8) is 0 Å². The number of rotatable bonds is 2. The third-order valence-corrected chi connectivity index (χ3v) is 6.92. The first kappa shape index (κ1) is 15.4. The van der Waals surface area contributed by atoms with Gasteiger partial charge in [0.2, 0.25) is 0 Å². The molecule has 0 saturated heterocycles. The van der Waals surface area contributed by atoms with Crippen LogP contribution in [0.5, 0.6) is 0 Å². The lowest BCUT2D eigenvalue weighted by molar-refractivity contribution is -0.418. The van der Waals surface area contributed by atoms with E-state index in [0.29, 0.717) is 0 Å². The highest BCUT2D eigenvalue weighted by molar-refractivity contribution is 6.83. The molecule has 2 aliphatic rings. The lowest BCUT2D eigenvalue weighted by Crippen LogP contribution is -2.28. The van der Waals surface area contributed by atoms with Crippen LogP contribution in [0, 0.1) is 13.0 Å². The van der Waals surface area contributed by atoms with Crippen molar-refractivity contribution in [1.29, 1.82) is 0 Å². The maximum absolute atomic E-state index is 4.30. The molecule has 1 aromatic rings. The first-order valence-corrected chi connectivity index (χ1v) is 11.9. The zero-order valence-corrected chi connectivity index (χ0v) is 15.4. The summed E-state index contributed by atoms with van der Waals surface area (Å²) >= 11 is 0. The van der Waals surface area contributed by atoms with Gasteiger partial charge < -0.3 is 0 Å². The summed E-state index contributed by atoms with van der Waals surface area (Å²) < 4.78 is 2.10. The Hall–Kier alpha value is -1.54. The molecule has 1 nitrogen and oxygen atoms in total. The van der Waals surface area contributed by atoms with Crippen LogP contribution in [0.15, 0.2) is 35.7 Å². The van der Waals surface area contributed by atoms with Crippen LogP contribution in [0.3, 0.4) is 0 Å². The van der Waals surface area contributed by atoms with Gasteiger partial charge >= 0.3 is 0 Å². The van der Waals surface area contributed by atoms with Gasteiger partial charge in [-0.1, -0.05) is 67.0 Å². The van der Waals surface area contributed by atoms with Gasteiger partial charge in [0.25, 0.3) is 0 Å². The molecule has 0 aromatic heterocycles. The summed E-state index contributed by atoms with van der Waals surface area (Å²) in [4.78, 5) is 0. The number of allylic oxidation sites excluding steroid dienone is 2. The molecular weight excluding hydrogens is 282 g/mol. The number of nitrogens with zero attached hydrogens (tertiary/aromatic N) is 1. The average molecular weight is 310 g/mol. The molecule has 1 aromatic carbocycles. The van der Waals surface area contributed by atoms with E-state index in [-0.39, 0.29) is 0 Å². The van der Waals surface area contributed by atoms with E-state index in [9.17, 15) is 0 Å². The van der Waals surface area contributed by atoms with Gasteiger partial charge in [0.1, 0.15) is 12.2 Å². The molecule has 0 fully saturated rings.